The molecule has 0 aromatic heterocycles. The van der Waals surface area contributed by atoms with Crippen LogP contribution in [0.4, 0.5) is 13.2 Å². The van der Waals surface area contributed by atoms with Crippen molar-refractivity contribution in [3.63, 3.8) is 0 Å². The maximum Gasteiger partial charge on any atom is 0.417 e. The van der Waals surface area contributed by atoms with Crippen molar-refractivity contribution >= 4 is 21.8 Å². The Bertz CT molecular complexity index is 506. The molecule has 0 atom stereocenters. The second-order valence-electron chi connectivity index (χ2n) is 3.75. The molecule has 0 bridgehead atoms. The predicted octanol–water partition coefficient (Wildman–Crippen LogP) is 3.61. The fraction of sp³-hybridized carbons (Fsp3) is 0.308. The molecule has 0 saturated carbocycles. The van der Waals surface area contributed by atoms with Gasteiger partial charge in [0.2, 0.25) is 0 Å². The molecule has 1 amide bonds. The topological polar surface area (TPSA) is 29.1 Å². The lowest BCUT2D eigenvalue weighted by molar-refractivity contribution is -0.138. The van der Waals surface area contributed by atoms with Gasteiger partial charge in [-0.05, 0) is 24.6 Å². The first-order chi connectivity index (χ1) is 8.86. The minimum atomic E-state index is -4.57. The zero-order valence-electron chi connectivity index (χ0n) is 9.85. The molecule has 0 aliphatic heterocycles. The van der Waals surface area contributed by atoms with Gasteiger partial charge in [-0.15, -0.1) is 12.3 Å². The summed E-state index contributed by atoms with van der Waals surface area (Å²) < 4.78 is 38.7. The number of alkyl halides is 3. The molecule has 0 radical (unpaired) electrons. The van der Waals surface area contributed by atoms with Crippen molar-refractivity contribution in [2.75, 3.05) is 6.54 Å². The molecular weight excluding hydrogens is 323 g/mol. The number of terminal acetylenes is 1. The Morgan fingerprint density at radius 3 is 2.68 bits per heavy atom. The molecule has 0 aliphatic rings. The van der Waals surface area contributed by atoms with E-state index in [4.69, 9.17) is 6.42 Å². The van der Waals surface area contributed by atoms with Gasteiger partial charge in [-0.25, -0.2) is 0 Å². The zero-order valence-corrected chi connectivity index (χ0v) is 11.4. The van der Waals surface area contributed by atoms with Gasteiger partial charge in [0.15, 0.2) is 0 Å². The third-order valence-corrected chi connectivity index (χ3v) is 2.81. The van der Waals surface area contributed by atoms with Crippen molar-refractivity contribution in [1.82, 2.24) is 5.32 Å². The lowest BCUT2D eigenvalue weighted by Gasteiger charge is -2.13. The van der Waals surface area contributed by atoms with Crippen LogP contribution in [-0.4, -0.2) is 12.5 Å². The number of benzene rings is 1. The van der Waals surface area contributed by atoms with E-state index in [-0.39, 0.29) is 11.0 Å². The van der Waals surface area contributed by atoms with Crippen molar-refractivity contribution in [3.05, 3.63) is 33.8 Å². The van der Waals surface area contributed by atoms with Gasteiger partial charge < -0.3 is 5.32 Å². The van der Waals surface area contributed by atoms with Crippen LogP contribution in [0.5, 0.6) is 0 Å². The fourth-order valence-electron chi connectivity index (χ4n) is 1.44. The summed E-state index contributed by atoms with van der Waals surface area (Å²) >= 11 is 2.96. The SMILES string of the molecule is C#CCCCNC(=O)c1ccc(Br)cc1C(F)(F)F. The predicted molar refractivity (Wildman–Crippen MR) is 69.5 cm³/mol. The van der Waals surface area contributed by atoms with Crippen LogP contribution < -0.4 is 5.32 Å². The monoisotopic (exact) mass is 333 g/mol. The second kappa shape index (κ2) is 6.62. The van der Waals surface area contributed by atoms with E-state index in [9.17, 15) is 18.0 Å². The lowest BCUT2D eigenvalue weighted by Crippen LogP contribution is -2.27. The molecule has 0 aliphatic carbocycles. The highest BCUT2D eigenvalue weighted by Crippen LogP contribution is 2.33. The van der Waals surface area contributed by atoms with Crippen molar-refractivity contribution in [2.45, 2.75) is 19.0 Å². The number of nitrogens with one attached hydrogen (secondary N) is 1. The molecule has 102 valence electrons. The number of unbranched alkanes of at least 4 members (excludes halogenated alkanes) is 1. The van der Waals surface area contributed by atoms with Crippen molar-refractivity contribution in [3.8, 4) is 12.3 Å². The van der Waals surface area contributed by atoms with Crippen LogP contribution in [0.25, 0.3) is 0 Å². The third-order valence-electron chi connectivity index (χ3n) is 2.32. The fourth-order valence-corrected chi connectivity index (χ4v) is 1.80. The van der Waals surface area contributed by atoms with Crippen LogP contribution in [0.2, 0.25) is 0 Å². The van der Waals surface area contributed by atoms with Gasteiger partial charge in [0.25, 0.3) is 5.91 Å². The van der Waals surface area contributed by atoms with Gasteiger partial charge in [-0.1, -0.05) is 15.9 Å². The number of rotatable bonds is 4. The normalized spacial score (nSPS) is 10.9. The number of amides is 1. The first-order valence-electron chi connectivity index (χ1n) is 5.44. The van der Waals surface area contributed by atoms with E-state index in [1.807, 2.05) is 0 Å². The summed E-state index contributed by atoms with van der Waals surface area (Å²) in [6.45, 7) is 0.246. The van der Waals surface area contributed by atoms with Gasteiger partial charge in [-0.2, -0.15) is 13.2 Å². The van der Waals surface area contributed by atoms with Crippen LogP contribution in [0.15, 0.2) is 22.7 Å². The Morgan fingerprint density at radius 1 is 1.42 bits per heavy atom. The van der Waals surface area contributed by atoms with E-state index in [0.29, 0.717) is 12.8 Å². The van der Waals surface area contributed by atoms with E-state index >= 15 is 0 Å². The molecule has 1 aromatic carbocycles. The van der Waals surface area contributed by atoms with E-state index in [2.05, 4.69) is 27.2 Å². The molecule has 6 heteroatoms. The molecule has 1 rings (SSSR count). The highest BCUT2D eigenvalue weighted by Gasteiger charge is 2.35. The van der Waals surface area contributed by atoms with E-state index < -0.39 is 23.2 Å². The highest BCUT2D eigenvalue weighted by molar-refractivity contribution is 9.10. The zero-order chi connectivity index (χ0) is 14.5. The maximum absolute atomic E-state index is 12.8. The summed E-state index contributed by atoms with van der Waals surface area (Å²) in [5.74, 6) is 1.63. The maximum atomic E-state index is 12.8. The van der Waals surface area contributed by atoms with Crippen LogP contribution in [-0.2, 0) is 6.18 Å². The molecule has 1 N–H and O–H groups in total. The Kier molecular flexibility index (Phi) is 5.43. The Hall–Kier alpha value is -1.48. The summed E-state index contributed by atoms with van der Waals surface area (Å²) in [5, 5.41) is 2.42. The van der Waals surface area contributed by atoms with Gasteiger partial charge in [0.1, 0.15) is 0 Å². The Labute approximate surface area is 117 Å². The highest BCUT2D eigenvalue weighted by atomic mass is 79.9. The number of carbonyl (C=O) groups excluding carboxylic acids is 1. The van der Waals surface area contributed by atoms with Gasteiger partial charge >= 0.3 is 6.18 Å². The first-order valence-corrected chi connectivity index (χ1v) is 6.24. The molecule has 0 heterocycles. The Morgan fingerprint density at radius 2 is 2.11 bits per heavy atom. The summed E-state index contributed by atoms with van der Waals surface area (Å²) in [4.78, 5) is 11.7. The number of halogens is 4. The molecular formula is C13H11BrF3NO. The molecule has 19 heavy (non-hydrogen) atoms. The van der Waals surface area contributed by atoms with Gasteiger partial charge in [0.05, 0.1) is 11.1 Å². The van der Waals surface area contributed by atoms with Crippen LogP contribution in [0, 0.1) is 12.3 Å². The Balaban J connectivity index is 2.88. The van der Waals surface area contributed by atoms with E-state index in [0.717, 1.165) is 12.1 Å². The van der Waals surface area contributed by atoms with Gasteiger partial charge in [0, 0.05) is 17.4 Å². The molecule has 0 spiro atoms. The quantitative estimate of drug-likeness (QED) is 0.661. The average molecular weight is 334 g/mol. The summed E-state index contributed by atoms with van der Waals surface area (Å²) in [5.41, 5.74) is -1.35. The molecule has 0 saturated heterocycles. The summed E-state index contributed by atoms with van der Waals surface area (Å²) in [6, 6.07) is 3.42. The smallest absolute Gasteiger partial charge is 0.352 e. The van der Waals surface area contributed by atoms with Crippen LogP contribution >= 0.6 is 15.9 Å². The standard InChI is InChI=1S/C13H11BrF3NO/c1-2-3-4-7-18-12(19)10-6-5-9(14)8-11(10)13(15,16)17/h1,5-6,8H,3-4,7H2,(H,18,19). The largest absolute Gasteiger partial charge is 0.417 e. The minimum absolute atomic E-state index is 0.246. The lowest BCUT2D eigenvalue weighted by atomic mass is 10.1. The molecule has 0 unspecified atom stereocenters. The molecule has 2 nitrogen and oxygen atoms in total. The number of hydrogen-bond acceptors (Lipinski definition) is 1. The second-order valence-corrected chi connectivity index (χ2v) is 4.67. The van der Waals surface area contributed by atoms with Crippen LogP contribution in [0.3, 0.4) is 0 Å². The van der Waals surface area contributed by atoms with Crippen LogP contribution in [0.1, 0.15) is 28.8 Å². The van der Waals surface area contributed by atoms with Gasteiger partial charge in [-0.3, -0.25) is 4.79 Å². The van der Waals surface area contributed by atoms with Crippen molar-refractivity contribution in [2.24, 2.45) is 0 Å². The number of hydrogen-bond donors (Lipinski definition) is 1. The average Bonchev–Trinajstić information content (AvgIpc) is 2.33. The molecule has 0 fully saturated rings. The summed E-state index contributed by atoms with van der Waals surface area (Å²) in [7, 11) is 0. The van der Waals surface area contributed by atoms with Crippen molar-refractivity contribution in [1.29, 1.82) is 0 Å². The van der Waals surface area contributed by atoms with Crippen molar-refractivity contribution < 1.29 is 18.0 Å². The first kappa shape index (κ1) is 15.6. The van der Waals surface area contributed by atoms with E-state index in [1.54, 1.807) is 0 Å². The summed E-state index contributed by atoms with van der Waals surface area (Å²) in [6.07, 6.45) is 1.46. The van der Waals surface area contributed by atoms with E-state index in [1.165, 1.54) is 6.07 Å². The molecule has 1 aromatic rings. The minimum Gasteiger partial charge on any atom is -0.352 e. The number of carbonyl (C=O) groups is 1. The third kappa shape index (κ3) is 4.60.